The van der Waals surface area contributed by atoms with Gasteiger partial charge in [0.1, 0.15) is 16.6 Å². The second kappa shape index (κ2) is 6.09. The second-order valence-corrected chi connectivity index (χ2v) is 5.28. The van der Waals surface area contributed by atoms with E-state index in [1.165, 1.54) is 25.1 Å². The average molecular weight is 312 g/mol. The molecule has 1 aliphatic rings. The first-order valence-corrected chi connectivity index (χ1v) is 6.82. The van der Waals surface area contributed by atoms with E-state index in [1.807, 2.05) is 0 Å². The summed E-state index contributed by atoms with van der Waals surface area (Å²) in [6, 6.07) is 3.47. The Morgan fingerprint density at radius 2 is 2.10 bits per heavy atom. The van der Waals surface area contributed by atoms with Crippen LogP contribution in [0, 0.1) is 10.1 Å². The highest BCUT2D eigenvalue weighted by Gasteiger charge is 2.28. The van der Waals surface area contributed by atoms with Gasteiger partial charge in [0.05, 0.1) is 4.92 Å². The summed E-state index contributed by atoms with van der Waals surface area (Å²) in [4.78, 5) is 34.1. The van der Waals surface area contributed by atoms with E-state index < -0.39 is 22.6 Å². The van der Waals surface area contributed by atoms with Gasteiger partial charge in [-0.25, -0.2) is 0 Å². The highest BCUT2D eigenvalue weighted by Crippen LogP contribution is 2.28. The number of para-hydroxylation sites is 1. The van der Waals surface area contributed by atoms with Crippen molar-refractivity contribution < 1.29 is 14.5 Å². The molecule has 0 spiro atoms. The molecule has 0 radical (unpaired) electrons. The molecule has 0 heterocycles. The zero-order valence-corrected chi connectivity index (χ0v) is 12.0. The SMILES string of the molecule is CC(NC(=O)c1cccc(Cl)c1[N+](=O)[O-])C(=O)NC1CC1. The van der Waals surface area contributed by atoms with Crippen molar-refractivity contribution in [2.24, 2.45) is 0 Å². The first-order chi connectivity index (χ1) is 9.90. The molecular weight excluding hydrogens is 298 g/mol. The molecule has 1 atom stereocenters. The number of hydrogen-bond acceptors (Lipinski definition) is 4. The predicted molar refractivity (Wildman–Crippen MR) is 76.2 cm³/mol. The highest BCUT2D eigenvalue weighted by molar-refractivity contribution is 6.33. The molecule has 2 rings (SSSR count). The fourth-order valence-electron chi connectivity index (χ4n) is 1.78. The number of amides is 2. The van der Waals surface area contributed by atoms with Crippen LogP contribution in [0.25, 0.3) is 0 Å². The van der Waals surface area contributed by atoms with E-state index >= 15 is 0 Å². The quantitative estimate of drug-likeness (QED) is 0.637. The Morgan fingerprint density at radius 3 is 2.67 bits per heavy atom. The second-order valence-electron chi connectivity index (χ2n) is 4.87. The van der Waals surface area contributed by atoms with Crippen LogP contribution in [-0.4, -0.2) is 28.8 Å². The van der Waals surface area contributed by atoms with E-state index in [0.29, 0.717) is 0 Å². The fraction of sp³-hybridized carbons (Fsp3) is 0.385. The van der Waals surface area contributed by atoms with Gasteiger partial charge in [-0.05, 0) is 31.9 Å². The maximum atomic E-state index is 12.1. The third-order valence-corrected chi connectivity index (χ3v) is 3.38. The van der Waals surface area contributed by atoms with E-state index in [2.05, 4.69) is 10.6 Å². The third-order valence-electron chi connectivity index (χ3n) is 3.08. The van der Waals surface area contributed by atoms with Gasteiger partial charge in [-0.3, -0.25) is 19.7 Å². The van der Waals surface area contributed by atoms with Crippen LogP contribution in [0.3, 0.4) is 0 Å². The van der Waals surface area contributed by atoms with E-state index in [1.54, 1.807) is 0 Å². The number of benzene rings is 1. The monoisotopic (exact) mass is 311 g/mol. The smallest absolute Gasteiger partial charge is 0.300 e. The lowest BCUT2D eigenvalue weighted by Crippen LogP contribution is -2.45. The molecule has 2 N–H and O–H groups in total. The van der Waals surface area contributed by atoms with E-state index in [9.17, 15) is 19.7 Å². The summed E-state index contributed by atoms with van der Waals surface area (Å²) < 4.78 is 0. The highest BCUT2D eigenvalue weighted by atomic mass is 35.5. The lowest BCUT2D eigenvalue weighted by Gasteiger charge is -2.14. The summed E-state index contributed by atoms with van der Waals surface area (Å²) in [5.41, 5.74) is -0.634. The van der Waals surface area contributed by atoms with E-state index in [0.717, 1.165) is 12.8 Å². The van der Waals surface area contributed by atoms with Gasteiger partial charge in [0.2, 0.25) is 5.91 Å². The van der Waals surface area contributed by atoms with Crippen LogP contribution in [0.1, 0.15) is 30.1 Å². The Kier molecular flexibility index (Phi) is 4.42. The topological polar surface area (TPSA) is 101 Å². The number of nitro benzene ring substituents is 1. The number of rotatable bonds is 5. The molecule has 1 fully saturated rings. The van der Waals surface area contributed by atoms with Crippen LogP contribution in [-0.2, 0) is 4.79 Å². The number of hydrogen-bond donors (Lipinski definition) is 2. The maximum Gasteiger partial charge on any atom is 0.300 e. The van der Waals surface area contributed by atoms with Crippen molar-refractivity contribution in [1.82, 2.24) is 10.6 Å². The average Bonchev–Trinajstić information content (AvgIpc) is 3.21. The van der Waals surface area contributed by atoms with Gasteiger partial charge in [-0.15, -0.1) is 0 Å². The van der Waals surface area contributed by atoms with Gasteiger partial charge in [-0.1, -0.05) is 17.7 Å². The minimum Gasteiger partial charge on any atom is -0.352 e. The van der Waals surface area contributed by atoms with Crippen molar-refractivity contribution >= 4 is 29.1 Å². The summed E-state index contributed by atoms with van der Waals surface area (Å²) in [6.45, 7) is 1.52. The zero-order chi connectivity index (χ0) is 15.6. The minimum atomic E-state index is -0.781. The van der Waals surface area contributed by atoms with Gasteiger partial charge in [-0.2, -0.15) is 0 Å². The number of carbonyl (C=O) groups excluding carboxylic acids is 2. The Bertz CT molecular complexity index is 601. The molecule has 2 amide bonds. The van der Waals surface area contributed by atoms with Crippen LogP contribution in [0.2, 0.25) is 5.02 Å². The fourth-order valence-corrected chi connectivity index (χ4v) is 2.02. The van der Waals surface area contributed by atoms with Crippen molar-refractivity contribution in [3.63, 3.8) is 0 Å². The minimum absolute atomic E-state index is 0.122. The number of carbonyl (C=O) groups is 2. The molecule has 1 aromatic carbocycles. The first-order valence-electron chi connectivity index (χ1n) is 6.44. The van der Waals surface area contributed by atoms with Crippen LogP contribution in [0.15, 0.2) is 18.2 Å². The lowest BCUT2D eigenvalue weighted by molar-refractivity contribution is -0.385. The Labute approximate surface area is 125 Å². The largest absolute Gasteiger partial charge is 0.352 e. The van der Waals surface area contributed by atoms with Crippen LogP contribution < -0.4 is 10.6 Å². The molecule has 8 heteroatoms. The van der Waals surface area contributed by atoms with Crippen molar-refractivity contribution in [1.29, 1.82) is 0 Å². The predicted octanol–water partition coefficient (Wildman–Crippen LogP) is 1.65. The van der Waals surface area contributed by atoms with Crippen molar-refractivity contribution in [3.8, 4) is 0 Å². The number of nitrogens with one attached hydrogen (secondary N) is 2. The summed E-state index contributed by atoms with van der Waals surface area (Å²) in [5, 5.41) is 16.0. The third kappa shape index (κ3) is 3.69. The summed E-state index contributed by atoms with van der Waals surface area (Å²) in [6.07, 6.45) is 1.87. The molecule has 112 valence electrons. The van der Waals surface area contributed by atoms with Gasteiger partial charge >= 0.3 is 5.69 Å². The van der Waals surface area contributed by atoms with Crippen LogP contribution >= 0.6 is 11.6 Å². The van der Waals surface area contributed by atoms with E-state index in [-0.39, 0.29) is 22.5 Å². The van der Waals surface area contributed by atoms with E-state index in [4.69, 9.17) is 11.6 Å². The van der Waals surface area contributed by atoms with Gasteiger partial charge in [0.25, 0.3) is 5.91 Å². The van der Waals surface area contributed by atoms with Gasteiger partial charge < -0.3 is 10.6 Å². The molecule has 0 aliphatic heterocycles. The molecule has 1 aromatic rings. The molecule has 1 saturated carbocycles. The Balaban J connectivity index is 2.11. The molecule has 7 nitrogen and oxygen atoms in total. The summed E-state index contributed by atoms with van der Waals surface area (Å²) in [5.74, 6) is -1.02. The summed E-state index contributed by atoms with van der Waals surface area (Å²) >= 11 is 5.74. The number of nitro groups is 1. The Hall–Kier alpha value is -2.15. The molecule has 0 aromatic heterocycles. The van der Waals surface area contributed by atoms with Crippen molar-refractivity contribution in [3.05, 3.63) is 38.9 Å². The molecule has 21 heavy (non-hydrogen) atoms. The normalized spacial score (nSPS) is 15.1. The maximum absolute atomic E-state index is 12.1. The zero-order valence-electron chi connectivity index (χ0n) is 11.3. The van der Waals surface area contributed by atoms with Crippen molar-refractivity contribution in [2.45, 2.75) is 31.8 Å². The van der Waals surface area contributed by atoms with Gasteiger partial charge in [0, 0.05) is 6.04 Å². The Morgan fingerprint density at radius 1 is 1.43 bits per heavy atom. The standard InChI is InChI=1S/C13H14ClN3O4/c1-7(12(18)16-8-5-6-8)15-13(19)9-3-2-4-10(14)11(9)17(20)21/h2-4,7-8H,5-6H2,1H3,(H,15,19)(H,16,18). The summed E-state index contributed by atoms with van der Waals surface area (Å²) in [7, 11) is 0. The van der Waals surface area contributed by atoms with Gasteiger partial charge in [0.15, 0.2) is 0 Å². The lowest BCUT2D eigenvalue weighted by atomic mass is 10.1. The molecule has 1 aliphatic carbocycles. The van der Waals surface area contributed by atoms with Crippen LogP contribution in [0.4, 0.5) is 5.69 Å². The van der Waals surface area contributed by atoms with Crippen molar-refractivity contribution in [2.75, 3.05) is 0 Å². The van der Waals surface area contributed by atoms with Crippen LogP contribution in [0.5, 0.6) is 0 Å². The molecule has 1 unspecified atom stereocenters. The molecule has 0 saturated heterocycles. The molecule has 0 bridgehead atoms. The first kappa shape index (κ1) is 15.2. The molecular formula is C13H14ClN3O4. The number of nitrogens with zero attached hydrogens (tertiary/aromatic N) is 1. The number of halogens is 1.